The van der Waals surface area contributed by atoms with Gasteiger partial charge < -0.3 is 16.0 Å². The number of hydrogen-bond acceptors (Lipinski definition) is 6. The fourth-order valence-corrected chi connectivity index (χ4v) is 5.76. The molecule has 0 amide bonds. The number of nitrogens with two attached hydrogens (primary N) is 1. The normalized spacial score (nSPS) is 15.3. The number of aromatic nitrogens is 1. The average Bonchev–Trinajstić information content (AvgIpc) is 3.31. The number of rotatable bonds is 3. The Bertz CT molecular complexity index is 1370. The molecule has 2 aliphatic rings. The summed E-state index contributed by atoms with van der Waals surface area (Å²) in [7, 11) is 0. The summed E-state index contributed by atoms with van der Waals surface area (Å²) in [5.41, 5.74) is 13.7. The van der Waals surface area contributed by atoms with Gasteiger partial charge in [-0.3, -0.25) is 0 Å². The molecule has 6 heteroatoms. The lowest BCUT2D eigenvalue weighted by molar-refractivity contribution is 0.686. The largest absolute Gasteiger partial charge is 0.383 e. The number of benzene rings is 2. The Hall–Kier alpha value is -3.38. The summed E-state index contributed by atoms with van der Waals surface area (Å²) >= 11 is 1.64. The van der Waals surface area contributed by atoms with Crippen molar-refractivity contribution < 1.29 is 0 Å². The molecule has 160 valence electrons. The summed E-state index contributed by atoms with van der Waals surface area (Å²) in [5, 5.41) is 7.93. The monoisotopic (exact) mass is 439 g/mol. The van der Waals surface area contributed by atoms with Crippen LogP contribution in [0.25, 0.3) is 10.8 Å². The van der Waals surface area contributed by atoms with Crippen molar-refractivity contribution in [2.24, 2.45) is 10.7 Å². The first-order chi connectivity index (χ1) is 15.7. The molecule has 1 aliphatic heterocycles. The molecule has 0 atom stereocenters. The van der Waals surface area contributed by atoms with E-state index < -0.39 is 0 Å². The van der Waals surface area contributed by atoms with Gasteiger partial charge in [0.25, 0.3) is 0 Å². The third-order valence-electron chi connectivity index (χ3n) is 6.55. The Balaban J connectivity index is 1.44. The van der Waals surface area contributed by atoms with Crippen LogP contribution in [0.5, 0.6) is 0 Å². The van der Waals surface area contributed by atoms with Gasteiger partial charge in [-0.05, 0) is 78.9 Å². The molecule has 32 heavy (non-hydrogen) atoms. The van der Waals surface area contributed by atoms with Crippen LogP contribution in [0.3, 0.4) is 0 Å². The Labute approximate surface area is 191 Å². The second-order valence-electron chi connectivity index (χ2n) is 8.55. The Morgan fingerprint density at radius 1 is 1.00 bits per heavy atom. The lowest BCUT2D eigenvalue weighted by Gasteiger charge is -2.29. The molecule has 0 fully saturated rings. The van der Waals surface area contributed by atoms with E-state index >= 15 is 0 Å². The highest BCUT2D eigenvalue weighted by Crippen LogP contribution is 2.41. The average molecular weight is 440 g/mol. The summed E-state index contributed by atoms with van der Waals surface area (Å²) in [6.45, 7) is 2.67. The van der Waals surface area contributed by atoms with E-state index in [2.05, 4.69) is 70.0 Å². The summed E-state index contributed by atoms with van der Waals surface area (Å²) in [4.78, 5) is 12.6. The lowest BCUT2D eigenvalue weighted by atomic mass is 9.91. The number of thiophene rings is 1. The molecule has 0 saturated heterocycles. The Morgan fingerprint density at radius 3 is 2.78 bits per heavy atom. The van der Waals surface area contributed by atoms with Gasteiger partial charge in [-0.25, -0.2) is 9.98 Å². The van der Waals surface area contributed by atoms with E-state index in [1.165, 1.54) is 42.4 Å². The number of pyridine rings is 1. The maximum Gasteiger partial charge on any atom is 0.139 e. The van der Waals surface area contributed by atoms with E-state index in [-0.39, 0.29) is 0 Å². The number of nitrogens with one attached hydrogen (secondary N) is 1. The van der Waals surface area contributed by atoms with Crippen LogP contribution in [-0.4, -0.2) is 17.5 Å². The van der Waals surface area contributed by atoms with Gasteiger partial charge in [0.05, 0.1) is 16.3 Å². The minimum absolute atomic E-state index is 0.519. The zero-order valence-electron chi connectivity index (χ0n) is 18.1. The van der Waals surface area contributed by atoms with Crippen LogP contribution in [0, 0.1) is 6.92 Å². The predicted molar refractivity (Wildman–Crippen MR) is 135 cm³/mol. The van der Waals surface area contributed by atoms with E-state index in [0.29, 0.717) is 12.5 Å². The first kappa shape index (κ1) is 19.3. The van der Waals surface area contributed by atoms with E-state index in [1.807, 2.05) is 6.20 Å². The molecule has 6 rings (SSSR count). The van der Waals surface area contributed by atoms with Crippen molar-refractivity contribution >= 4 is 50.8 Å². The highest BCUT2D eigenvalue weighted by atomic mass is 32.1. The quantitative estimate of drug-likeness (QED) is 0.408. The molecule has 0 saturated carbocycles. The first-order valence-corrected chi connectivity index (χ1v) is 12.0. The van der Waals surface area contributed by atoms with Gasteiger partial charge in [-0.2, -0.15) is 0 Å². The topological polar surface area (TPSA) is 66.5 Å². The van der Waals surface area contributed by atoms with Crippen LogP contribution in [0.4, 0.5) is 22.9 Å². The van der Waals surface area contributed by atoms with Crippen molar-refractivity contribution in [2.75, 3.05) is 16.9 Å². The molecule has 1 aliphatic carbocycles. The molecule has 0 unspecified atom stereocenters. The summed E-state index contributed by atoms with van der Waals surface area (Å²) in [6.07, 6.45) is 6.82. The zero-order valence-corrected chi connectivity index (χ0v) is 18.9. The smallest absolute Gasteiger partial charge is 0.139 e. The van der Waals surface area contributed by atoms with Crippen LogP contribution in [-0.2, 0) is 12.8 Å². The fourth-order valence-electron chi connectivity index (χ4n) is 4.95. The van der Waals surface area contributed by atoms with E-state index in [9.17, 15) is 0 Å². The van der Waals surface area contributed by atoms with Crippen molar-refractivity contribution in [2.45, 2.75) is 32.6 Å². The van der Waals surface area contributed by atoms with Crippen molar-refractivity contribution in [3.63, 3.8) is 0 Å². The van der Waals surface area contributed by atoms with Gasteiger partial charge in [-0.1, -0.05) is 18.2 Å². The number of fused-ring (bicyclic) bond motifs is 3. The molecule has 0 spiro atoms. The van der Waals surface area contributed by atoms with Gasteiger partial charge >= 0.3 is 0 Å². The number of amidine groups is 1. The predicted octanol–water partition coefficient (Wildman–Crippen LogP) is 6.04. The van der Waals surface area contributed by atoms with E-state index in [1.54, 1.807) is 11.3 Å². The second kappa shape index (κ2) is 7.64. The third-order valence-corrected chi connectivity index (χ3v) is 7.48. The SMILES string of the molecule is Cc1ccc2c(Nc3ccc4c(c3)CCCC4)nccc2c1N1CN=C(N)c2sccc21. The molecule has 3 N–H and O–H groups in total. The molecule has 0 bridgehead atoms. The lowest BCUT2D eigenvalue weighted by Crippen LogP contribution is -2.28. The van der Waals surface area contributed by atoms with E-state index in [4.69, 9.17) is 10.7 Å². The maximum atomic E-state index is 6.15. The van der Waals surface area contributed by atoms with Gasteiger partial charge in [0.15, 0.2) is 0 Å². The highest BCUT2D eigenvalue weighted by Gasteiger charge is 2.24. The van der Waals surface area contributed by atoms with Crippen molar-refractivity contribution in [1.82, 2.24) is 4.98 Å². The van der Waals surface area contributed by atoms with Crippen molar-refractivity contribution in [1.29, 1.82) is 0 Å². The van der Waals surface area contributed by atoms with Gasteiger partial charge in [0.1, 0.15) is 18.3 Å². The van der Waals surface area contributed by atoms with Crippen LogP contribution < -0.4 is 16.0 Å². The number of hydrogen-bond donors (Lipinski definition) is 2. The van der Waals surface area contributed by atoms with Crippen LogP contribution in [0.1, 0.15) is 34.4 Å². The number of nitrogens with zero attached hydrogens (tertiary/aromatic N) is 3. The second-order valence-corrected chi connectivity index (χ2v) is 9.47. The summed E-state index contributed by atoms with van der Waals surface area (Å²) in [5.74, 6) is 1.51. The molecule has 0 radical (unpaired) electrons. The molecule has 3 heterocycles. The molecular weight excluding hydrogens is 414 g/mol. The summed E-state index contributed by atoms with van der Waals surface area (Å²) in [6, 6.07) is 15.3. The van der Waals surface area contributed by atoms with Gasteiger partial charge in [-0.15, -0.1) is 11.3 Å². The summed E-state index contributed by atoms with van der Waals surface area (Å²) < 4.78 is 0. The zero-order chi connectivity index (χ0) is 21.7. The Morgan fingerprint density at radius 2 is 1.88 bits per heavy atom. The number of aryl methyl sites for hydroxylation is 3. The first-order valence-electron chi connectivity index (χ1n) is 11.1. The fraction of sp³-hybridized carbons (Fsp3) is 0.231. The minimum atomic E-state index is 0.519. The van der Waals surface area contributed by atoms with Crippen LogP contribution in [0.15, 0.2) is 59.0 Å². The molecular formula is C26H25N5S. The van der Waals surface area contributed by atoms with E-state index in [0.717, 1.165) is 38.5 Å². The Kier molecular flexibility index (Phi) is 4.61. The highest BCUT2D eigenvalue weighted by molar-refractivity contribution is 7.12. The van der Waals surface area contributed by atoms with Crippen molar-refractivity contribution in [3.05, 3.63) is 75.6 Å². The minimum Gasteiger partial charge on any atom is -0.383 e. The van der Waals surface area contributed by atoms with Crippen molar-refractivity contribution in [3.8, 4) is 0 Å². The van der Waals surface area contributed by atoms with Gasteiger partial charge in [0, 0.05) is 22.7 Å². The van der Waals surface area contributed by atoms with Gasteiger partial charge in [0.2, 0.25) is 0 Å². The molecule has 2 aromatic carbocycles. The third kappa shape index (κ3) is 3.14. The number of anilines is 4. The molecule has 2 aromatic heterocycles. The molecule has 5 nitrogen and oxygen atoms in total. The molecule has 4 aromatic rings. The van der Waals surface area contributed by atoms with Crippen LogP contribution in [0.2, 0.25) is 0 Å². The standard InChI is InChI=1S/C26H25N5S/c1-16-6-9-21-20(23(16)31-15-29-25(27)24-22(31)11-13-32-24)10-12-28-26(21)30-19-8-7-17-4-2-3-5-18(17)14-19/h6-14H,2-5,15H2,1H3,(H2,27,29)(H,28,30). The number of aliphatic imine (C=N–C) groups is 1. The maximum absolute atomic E-state index is 6.15. The van der Waals surface area contributed by atoms with Crippen LogP contribution >= 0.6 is 11.3 Å².